The van der Waals surface area contributed by atoms with Gasteiger partial charge in [-0.05, 0) is 6.92 Å². The summed E-state index contributed by atoms with van der Waals surface area (Å²) in [5, 5.41) is 0. The van der Waals surface area contributed by atoms with Crippen molar-refractivity contribution < 1.29 is 19.2 Å². The summed E-state index contributed by atoms with van der Waals surface area (Å²) in [5.41, 5.74) is 0.310. The number of imide groups is 2. The van der Waals surface area contributed by atoms with E-state index in [0.29, 0.717) is 5.57 Å². The van der Waals surface area contributed by atoms with Crippen LogP contribution in [0.1, 0.15) is 6.92 Å². The van der Waals surface area contributed by atoms with Gasteiger partial charge in [0.15, 0.2) is 0 Å². The molecule has 1 atom stereocenters. The molecule has 0 radical (unpaired) electrons. The second-order valence-electron chi connectivity index (χ2n) is 3.25. The lowest BCUT2D eigenvalue weighted by atomic mass is 10.3. The van der Waals surface area contributed by atoms with Gasteiger partial charge < -0.3 is 0 Å². The van der Waals surface area contributed by atoms with E-state index in [1.807, 2.05) is 0 Å². The molecule has 2 rings (SSSR count). The predicted octanol–water partition coefficient (Wildman–Crippen LogP) is -0.265. The molecule has 0 bridgehead atoms. The number of hydrogen-bond donors (Lipinski definition) is 0. The van der Waals surface area contributed by atoms with Crippen LogP contribution in [0.3, 0.4) is 0 Å². The molecule has 0 saturated carbocycles. The maximum atomic E-state index is 11.5. The highest BCUT2D eigenvalue weighted by Crippen LogP contribution is 2.32. The molecule has 0 saturated heterocycles. The molecule has 0 N–H and O–H groups in total. The Morgan fingerprint density at radius 3 is 1.94 bits per heavy atom. The number of amides is 4. The van der Waals surface area contributed by atoms with Crippen LogP contribution in [0.2, 0.25) is 0 Å². The van der Waals surface area contributed by atoms with Crippen LogP contribution in [-0.4, -0.2) is 33.0 Å². The molecule has 2 aliphatic rings. The van der Waals surface area contributed by atoms with Crippen molar-refractivity contribution in [2.75, 3.05) is 0 Å². The Hall–Kier alpha value is -1.81. The van der Waals surface area contributed by atoms with Crippen molar-refractivity contribution in [3.8, 4) is 0 Å². The Morgan fingerprint density at radius 1 is 0.938 bits per heavy atom. The third kappa shape index (κ3) is 1.57. The predicted molar refractivity (Wildman–Crippen MR) is 54.9 cm³/mol. The largest absolute Gasteiger partial charge is 0.269 e. The molecule has 0 aromatic carbocycles. The lowest BCUT2D eigenvalue weighted by Crippen LogP contribution is -2.31. The topological polar surface area (TPSA) is 74.8 Å². The lowest BCUT2D eigenvalue weighted by Gasteiger charge is -2.20. The van der Waals surface area contributed by atoms with Gasteiger partial charge in [-0.3, -0.25) is 19.2 Å². The van der Waals surface area contributed by atoms with E-state index >= 15 is 0 Å². The zero-order valence-electron chi connectivity index (χ0n) is 8.26. The first-order valence-corrected chi connectivity index (χ1v) is 5.29. The monoisotopic (exact) mass is 238 g/mol. The average molecular weight is 238 g/mol. The molecule has 16 heavy (non-hydrogen) atoms. The molecule has 2 aliphatic heterocycles. The average Bonchev–Trinajstić information content (AvgIpc) is 2.65. The van der Waals surface area contributed by atoms with E-state index in [1.165, 1.54) is 13.0 Å². The highest BCUT2D eigenvalue weighted by Gasteiger charge is 2.34. The molecule has 1 unspecified atom stereocenters. The van der Waals surface area contributed by atoms with Crippen molar-refractivity contribution >= 4 is 32.5 Å². The Bertz CT molecular complexity index is 462. The molecule has 4 amide bonds. The quantitative estimate of drug-likeness (QED) is 0.490. The summed E-state index contributed by atoms with van der Waals surface area (Å²) in [6.07, 6.45) is 3.41. The van der Waals surface area contributed by atoms with Crippen LogP contribution < -0.4 is 0 Å². The molecule has 0 aromatic heterocycles. The highest BCUT2D eigenvalue weighted by atomic mass is 31.1. The molecule has 0 fully saturated rings. The molecule has 82 valence electrons. The molecule has 0 aromatic rings. The van der Waals surface area contributed by atoms with Crippen molar-refractivity contribution in [3.05, 3.63) is 23.8 Å². The number of carbonyl (C=O) groups is 4. The fraction of sp³-hybridized carbons (Fsp3) is 0.111. The van der Waals surface area contributed by atoms with E-state index in [0.717, 1.165) is 21.5 Å². The normalized spacial score (nSPS) is 20.9. The van der Waals surface area contributed by atoms with Crippen LogP contribution in [0.4, 0.5) is 0 Å². The SMILES string of the molecule is CC1=CC(=O)N(PN2C(=O)C=CC2=O)C1=O. The van der Waals surface area contributed by atoms with Gasteiger partial charge >= 0.3 is 0 Å². The first kappa shape index (κ1) is 10.7. The lowest BCUT2D eigenvalue weighted by molar-refractivity contribution is -0.132. The van der Waals surface area contributed by atoms with Gasteiger partial charge in [0.05, 0.1) is 0 Å². The van der Waals surface area contributed by atoms with Gasteiger partial charge in [-0.1, -0.05) is 0 Å². The minimum Gasteiger partial charge on any atom is -0.269 e. The van der Waals surface area contributed by atoms with E-state index in [9.17, 15) is 19.2 Å². The summed E-state index contributed by atoms with van der Waals surface area (Å²) < 4.78 is 1.75. The van der Waals surface area contributed by atoms with Gasteiger partial charge in [-0.15, -0.1) is 0 Å². The summed E-state index contributed by atoms with van der Waals surface area (Å²) in [4.78, 5) is 45.3. The molecule has 2 heterocycles. The minimum atomic E-state index is -0.599. The summed E-state index contributed by atoms with van der Waals surface area (Å²) in [6.45, 7) is 1.51. The van der Waals surface area contributed by atoms with Gasteiger partial charge in [-0.25, -0.2) is 9.34 Å². The van der Waals surface area contributed by atoms with Crippen molar-refractivity contribution in [2.45, 2.75) is 6.92 Å². The van der Waals surface area contributed by atoms with E-state index in [4.69, 9.17) is 0 Å². The maximum Gasteiger partial charge on any atom is 0.261 e. The van der Waals surface area contributed by atoms with E-state index < -0.39 is 32.5 Å². The van der Waals surface area contributed by atoms with E-state index in [2.05, 4.69) is 0 Å². The Balaban J connectivity index is 2.13. The zero-order valence-corrected chi connectivity index (χ0v) is 9.26. The molecular weight excluding hydrogens is 231 g/mol. The van der Waals surface area contributed by atoms with Crippen LogP contribution in [0.5, 0.6) is 0 Å². The molecule has 0 aliphatic carbocycles. The minimum absolute atomic E-state index is 0.310. The van der Waals surface area contributed by atoms with E-state index in [1.54, 1.807) is 0 Å². The Kier molecular flexibility index (Phi) is 2.44. The third-order valence-corrected chi connectivity index (χ3v) is 3.37. The third-order valence-electron chi connectivity index (χ3n) is 2.11. The number of hydrogen-bond acceptors (Lipinski definition) is 4. The van der Waals surface area contributed by atoms with Gasteiger partial charge in [0.1, 0.15) is 8.88 Å². The molecule has 6 nitrogen and oxygen atoms in total. The maximum absolute atomic E-state index is 11.5. The van der Waals surface area contributed by atoms with Crippen LogP contribution >= 0.6 is 8.88 Å². The Morgan fingerprint density at radius 2 is 1.50 bits per heavy atom. The smallest absolute Gasteiger partial charge is 0.261 e. The van der Waals surface area contributed by atoms with Crippen molar-refractivity contribution in [1.29, 1.82) is 0 Å². The first-order valence-electron chi connectivity index (χ1n) is 4.40. The van der Waals surface area contributed by atoms with Gasteiger partial charge in [0, 0.05) is 23.8 Å². The summed E-state index contributed by atoms with van der Waals surface area (Å²) in [5.74, 6) is -1.97. The summed E-state index contributed by atoms with van der Waals surface area (Å²) >= 11 is 0. The van der Waals surface area contributed by atoms with Gasteiger partial charge in [0.25, 0.3) is 23.6 Å². The first-order chi connectivity index (χ1) is 7.50. The van der Waals surface area contributed by atoms with Crippen molar-refractivity contribution in [1.82, 2.24) is 9.34 Å². The Labute approximate surface area is 92.5 Å². The summed E-state index contributed by atoms with van der Waals surface area (Å²) in [6, 6.07) is 0. The number of nitrogens with zero attached hydrogens (tertiary/aromatic N) is 2. The van der Waals surface area contributed by atoms with Crippen molar-refractivity contribution in [3.63, 3.8) is 0 Å². The van der Waals surface area contributed by atoms with Crippen LogP contribution in [0, 0.1) is 0 Å². The van der Waals surface area contributed by atoms with Gasteiger partial charge in [0.2, 0.25) is 0 Å². The fourth-order valence-corrected chi connectivity index (χ4v) is 2.26. The van der Waals surface area contributed by atoms with Crippen LogP contribution in [0.25, 0.3) is 0 Å². The second-order valence-corrected chi connectivity index (χ2v) is 4.35. The summed E-state index contributed by atoms with van der Waals surface area (Å²) in [7, 11) is -0.599. The van der Waals surface area contributed by atoms with Crippen LogP contribution in [0.15, 0.2) is 23.8 Å². The molecule has 7 heteroatoms. The number of carbonyl (C=O) groups excluding carboxylic acids is 4. The molecule has 0 spiro atoms. The van der Waals surface area contributed by atoms with E-state index in [-0.39, 0.29) is 0 Å². The second kappa shape index (κ2) is 3.64. The standard InChI is InChI=1S/C9H7N2O4P/c1-5-4-8(14)11(9(5)15)16-10-6(12)2-3-7(10)13/h2-4,16H,1H3. The fourth-order valence-electron chi connectivity index (χ4n) is 1.28. The molecular formula is C9H7N2O4P. The highest BCUT2D eigenvalue weighted by molar-refractivity contribution is 7.37. The van der Waals surface area contributed by atoms with Crippen molar-refractivity contribution in [2.24, 2.45) is 0 Å². The number of rotatable bonds is 2. The van der Waals surface area contributed by atoms with Crippen LogP contribution in [-0.2, 0) is 19.2 Å². The zero-order chi connectivity index (χ0) is 11.9. The van der Waals surface area contributed by atoms with Gasteiger partial charge in [-0.2, -0.15) is 0 Å².